The summed E-state index contributed by atoms with van der Waals surface area (Å²) in [6.07, 6.45) is 7.22. The molecule has 1 unspecified atom stereocenters. The number of allylic oxidation sites excluding steroid dienone is 4. The molecule has 0 aromatic rings. The summed E-state index contributed by atoms with van der Waals surface area (Å²) in [5.41, 5.74) is 1.32. The fourth-order valence-electron chi connectivity index (χ4n) is 2.28. The van der Waals surface area contributed by atoms with E-state index in [4.69, 9.17) is 13.3 Å². The molecule has 3 nitrogen and oxygen atoms in total. The lowest BCUT2D eigenvalue weighted by atomic mass is 9.96. The molecule has 15 heavy (non-hydrogen) atoms. The first-order valence-corrected chi connectivity index (χ1v) is 6.76. The van der Waals surface area contributed by atoms with Gasteiger partial charge in [0.05, 0.1) is 5.04 Å². The lowest BCUT2D eigenvalue weighted by Gasteiger charge is -2.40. The smallest absolute Gasteiger partial charge is 0.376 e. The minimum Gasteiger partial charge on any atom is -0.376 e. The molecule has 1 atom stereocenters. The van der Waals surface area contributed by atoms with Crippen LogP contribution in [0.3, 0.4) is 0 Å². The van der Waals surface area contributed by atoms with Gasteiger partial charge in [0, 0.05) is 21.3 Å². The molecule has 0 saturated carbocycles. The van der Waals surface area contributed by atoms with Gasteiger partial charge in [-0.15, -0.1) is 0 Å². The molecule has 0 amide bonds. The molecule has 0 radical (unpaired) electrons. The van der Waals surface area contributed by atoms with Gasteiger partial charge in [-0.3, -0.25) is 0 Å². The number of hydrogen-bond donors (Lipinski definition) is 0. The van der Waals surface area contributed by atoms with Crippen LogP contribution in [0.15, 0.2) is 23.8 Å². The minimum absolute atomic E-state index is 0.163. The highest BCUT2D eigenvalue weighted by Gasteiger charge is 2.55. The van der Waals surface area contributed by atoms with Gasteiger partial charge >= 0.3 is 8.80 Å². The van der Waals surface area contributed by atoms with Crippen molar-refractivity contribution < 1.29 is 13.3 Å². The highest BCUT2D eigenvalue weighted by Crippen LogP contribution is 2.47. The third-order valence-electron chi connectivity index (χ3n) is 3.00. The monoisotopic (exact) mass is 228 g/mol. The summed E-state index contributed by atoms with van der Waals surface area (Å²) < 4.78 is 16.6. The Kier molecular flexibility index (Phi) is 3.89. The van der Waals surface area contributed by atoms with Crippen LogP contribution in [0, 0.1) is 0 Å². The van der Waals surface area contributed by atoms with Crippen molar-refractivity contribution in [3.63, 3.8) is 0 Å². The van der Waals surface area contributed by atoms with Crippen molar-refractivity contribution in [2.24, 2.45) is 0 Å². The first kappa shape index (κ1) is 12.6. The topological polar surface area (TPSA) is 27.7 Å². The first-order chi connectivity index (χ1) is 7.03. The Hall–Kier alpha value is -0.423. The second kappa shape index (κ2) is 4.61. The van der Waals surface area contributed by atoms with Crippen molar-refractivity contribution >= 4 is 8.80 Å². The maximum Gasteiger partial charge on any atom is 0.510 e. The van der Waals surface area contributed by atoms with Crippen molar-refractivity contribution in [1.29, 1.82) is 0 Å². The average Bonchev–Trinajstić information content (AvgIpc) is 2.20. The predicted octanol–water partition coefficient (Wildman–Crippen LogP) is 2.53. The maximum absolute atomic E-state index is 5.54. The van der Waals surface area contributed by atoms with Gasteiger partial charge in [-0.1, -0.05) is 30.7 Å². The van der Waals surface area contributed by atoms with Gasteiger partial charge in [0.25, 0.3) is 0 Å². The lowest BCUT2D eigenvalue weighted by molar-refractivity contribution is 0.101. The fraction of sp³-hybridized carbons (Fsp3) is 0.636. The zero-order chi connectivity index (χ0) is 11.5. The van der Waals surface area contributed by atoms with Crippen molar-refractivity contribution in [2.75, 3.05) is 21.3 Å². The molecule has 0 bridgehead atoms. The van der Waals surface area contributed by atoms with Crippen LogP contribution in [0.1, 0.15) is 20.3 Å². The van der Waals surface area contributed by atoms with Gasteiger partial charge in [0.1, 0.15) is 0 Å². The van der Waals surface area contributed by atoms with Crippen LogP contribution in [0.5, 0.6) is 0 Å². The molecule has 0 fully saturated rings. The van der Waals surface area contributed by atoms with Gasteiger partial charge in [-0.05, 0) is 13.3 Å². The molecule has 0 spiro atoms. The summed E-state index contributed by atoms with van der Waals surface area (Å²) in [4.78, 5) is 0. The summed E-state index contributed by atoms with van der Waals surface area (Å²) in [6.45, 7) is 4.24. The van der Waals surface area contributed by atoms with Crippen LogP contribution >= 0.6 is 0 Å². The predicted molar refractivity (Wildman–Crippen MR) is 62.7 cm³/mol. The van der Waals surface area contributed by atoms with E-state index >= 15 is 0 Å². The highest BCUT2D eigenvalue weighted by atomic mass is 28.4. The van der Waals surface area contributed by atoms with Gasteiger partial charge in [0.2, 0.25) is 0 Å². The molecular formula is C11H20O3Si. The van der Waals surface area contributed by atoms with Gasteiger partial charge in [-0.25, -0.2) is 0 Å². The molecule has 0 aromatic heterocycles. The average molecular weight is 228 g/mol. The molecule has 0 aliphatic heterocycles. The van der Waals surface area contributed by atoms with E-state index in [9.17, 15) is 0 Å². The fourth-order valence-corrected chi connectivity index (χ4v) is 4.98. The molecule has 4 heteroatoms. The Bertz CT molecular complexity index is 273. The summed E-state index contributed by atoms with van der Waals surface area (Å²) in [6, 6.07) is 0. The van der Waals surface area contributed by atoms with Gasteiger partial charge in [-0.2, -0.15) is 0 Å². The van der Waals surface area contributed by atoms with Crippen LogP contribution < -0.4 is 0 Å². The normalized spacial score (nSPS) is 26.6. The third-order valence-corrected chi connectivity index (χ3v) is 6.35. The minimum atomic E-state index is -2.61. The summed E-state index contributed by atoms with van der Waals surface area (Å²) in [7, 11) is 2.37. The molecule has 1 aliphatic rings. The van der Waals surface area contributed by atoms with Gasteiger partial charge < -0.3 is 13.3 Å². The number of hydrogen-bond acceptors (Lipinski definition) is 3. The Labute approximate surface area is 93.1 Å². The van der Waals surface area contributed by atoms with Crippen molar-refractivity contribution in [3.8, 4) is 0 Å². The molecular weight excluding hydrogens is 208 g/mol. The van der Waals surface area contributed by atoms with Crippen LogP contribution in [0.4, 0.5) is 0 Å². The van der Waals surface area contributed by atoms with Crippen LogP contribution in [0.2, 0.25) is 5.04 Å². The summed E-state index contributed by atoms with van der Waals surface area (Å²) in [5.74, 6) is 0. The van der Waals surface area contributed by atoms with E-state index in [0.717, 1.165) is 6.42 Å². The standard InChI is InChI=1S/C11H20O3Si/c1-10-7-6-8-11(2,9-10)15(12-3,13-4)14-5/h6-8H,9H2,1-5H3. The quantitative estimate of drug-likeness (QED) is 0.692. The molecule has 0 heterocycles. The second-order valence-corrected chi connectivity index (χ2v) is 7.61. The SMILES string of the molecule is CO[Si](OC)(OC)C1(C)C=CC=C(C)C1. The first-order valence-electron chi connectivity index (χ1n) is 5.04. The molecule has 0 saturated heterocycles. The molecule has 0 N–H and O–H groups in total. The molecule has 1 rings (SSSR count). The Morgan fingerprint density at radius 1 is 1.20 bits per heavy atom. The van der Waals surface area contributed by atoms with Crippen LogP contribution in [-0.4, -0.2) is 30.1 Å². The summed E-state index contributed by atoms with van der Waals surface area (Å²) in [5, 5.41) is -0.163. The molecule has 86 valence electrons. The number of rotatable bonds is 4. The second-order valence-electron chi connectivity index (χ2n) is 4.13. The van der Waals surface area contributed by atoms with Crippen LogP contribution in [0.25, 0.3) is 0 Å². The molecule has 0 aromatic carbocycles. The Morgan fingerprint density at radius 2 is 1.73 bits per heavy atom. The van der Waals surface area contributed by atoms with E-state index in [1.807, 2.05) is 0 Å². The van der Waals surface area contributed by atoms with Crippen LogP contribution in [-0.2, 0) is 13.3 Å². The van der Waals surface area contributed by atoms with Crippen molar-refractivity contribution in [1.82, 2.24) is 0 Å². The van der Waals surface area contributed by atoms with Gasteiger partial charge in [0.15, 0.2) is 0 Å². The van der Waals surface area contributed by atoms with E-state index in [-0.39, 0.29) is 5.04 Å². The highest BCUT2D eigenvalue weighted by molar-refractivity contribution is 6.64. The zero-order valence-corrected chi connectivity index (χ0v) is 11.2. The van der Waals surface area contributed by atoms with Crippen molar-refractivity contribution in [2.45, 2.75) is 25.3 Å². The van der Waals surface area contributed by atoms with E-state index in [1.54, 1.807) is 21.3 Å². The Balaban J connectivity index is 3.03. The Morgan fingerprint density at radius 3 is 2.13 bits per heavy atom. The largest absolute Gasteiger partial charge is 0.510 e. The van der Waals surface area contributed by atoms with Crippen molar-refractivity contribution in [3.05, 3.63) is 23.8 Å². The summed E-state index contributed by atoms with van der Waals surface area (Å²) >= 11 is 0. The van der Waals surface area contributed by atoms with E-state index in [1.165, 1.54) is 5.57 Å². The molecule has 1 aliphatic carbocycles. The van der Waals surface area contributed by atoms with E-state index in [2.05, 4.69) is 32.1 Å². The van der Waals surface area contributed by atoms with E-state index < -0.39 is 8.80 Å². The van der Waals surface area contributed by atoms with E-state index in [0.29, 0.717) is 0 Å². The lowest BCUT2D eigenvalue weighted by Crippen LogP contribution is -2.53. The maximum atomic E-state index is 5.54. The third kappa shape index (κ3) is 2.08. The zero-order valence-electron chi connectivity index (χ0n) is 10.2.